The van der Waals surface area contributed by atoms with Crippen LogP contribution >= 0.6 is 23.1 Å². The molecule has 0 radical (unpaired) electrons. The summed E-state index contributed by atoms with van der Waals surface area (Å²) in [7, 11) is 0. The number of nitrogens with one attached hydrogen (secondary N) is 1. The average molecular weight is 358 g/mol. The van der Waals surface area contributed by atoms with Gasteiger partial charge in [0, 0.05) is 17.3 Å². The van der Waals surface area contributed by atoms with Gasteiger partial charge in [0.1, 0.15) is 10.7 Å². The third-order valence-electron chi connectivity index (χ3n) is 4.39. The Balaban J connectivity index is 1.71. The lowest BCUT2D eigenvalue weighted by Crippen LogP contribution is -2.15. The van der Waals surface area contributed by atoms with E-state index in [9.17, 15) is 4.79 Å². The van der Waals surface area contributed by atoms with Crippen molar-refractivity contribution >= 4 is 33.3 Å². The van der Waals surface area contributed by atoms with Crippen LogP contribution in [0.25, 0.3) is 10.2 Å². The molecule has 3 heterocycles. The molecule has 0 unspecified atom stereocenters. The normalized spacial score (nSPS) is 18.5. The number of aromatic nitrogens is 4. The van der Waals surface area contributed by atoms with Crippen LogP contribution < -0.4 is 5.56 Å². The zero-order valence-electron chi connectivity index (χ0n) is 13.6. The number of hydrogen-bond acceptors (Lipinski definition) is 6. The Kier molecular flexibility index (Phi) is 4.14. The fourth-order valence-electron chi connectivity index (χ4n) is 3.12. The van der Waals surface area contributed by atoms with E-state index in [1.165, 1.54) is 22.2 Å². The highest BCUT2D eigenvalue weighted by atomic mass is 32.2. The molecule has 2 atom stereocenters. The minimum absolute atomic E-state index is 0.0107. The molecule has 0 aliphatic heterocycles. The van der Waals surface area contributed by atoms with E-state index in [1.54, 1.807) is 29.8 Å². The summed E-state index contributed by atoms with van der Waals surface area (Å²) in [6, 6.07) is 1.79. The van der Waals surface area contributed by atoms with Crippen molar-refractivity contribution in [3.63, 3.8) is 0 Å². The molecule has 7 heteroatoms. The van der Waals surface area contributed by atoms with Gasteiger partial charge >= 0.3 is 0 Å². The van der Waals surface area contributed by atoms with Gasteiger partial charge in [-0.1, -0.05) is 18.7 Å². The predicted octanol–water partition coefficient (Wildman–Crippen LogP) is 3.75. The molecule has 1 aliphatic rings. The van der Waals surface area contributed by atoms with Gasteiger partial charge in [-0.2, -0.15) is 0 Å². The molecule has 4 rings (SSSR count). The average Bonchev–Trinajstić information content (AvgIpc) is 2.93. The number of thioether (sulfide) groups is 1. The third-order valence-corrected chi connectivity index (χ3v) is 6.54. The molecule has 0 saturated heterocycles. The van der Waals surface area contributed by atoms with E-state index < -0.39 is 0 Å². The summed E-state index contributed by atoms with van der Waals surface area (Å²) >= 11 is 3.18. The number of aromatic amines is 1. The highest BCUT2D eigenvalue weighted by molar-refractivity contribution is 7.99. The van der Waals surface area contributed by atoms with Gasteiger partial charge < -0.3 is 4.98 Å². The minimum Gasteiger partial charge on any atom is -0.309 e. The van der Waals surface area contributed by atoms with Crippen LogP contribution in [0.1, 0.15) is 41.8 Å². The maximum Gasteiger partial charge on any atom is 0.259 e. The van der Waals surface area contributed by atoms with Crippen LogP contribution in [0.4, 0.5) is 0 Å². The summed E-state index contributed by atoms with van der Waals surface area (Å²) in [6.07, 6.45) is 6.64. The molecule has 5 nitrogen and oxygen atoms in total. The summed E-state index contributed by atoms with van der Waals surface area (Å²) in [5, 5.41) is 1.48. The molecule has 3 aromatic heterocycles. The van der Waals surface area contributed by atoms with Crippen LogP contribution in [0.15, 0.2) is 28.4 Å². The fourth-order valence-corrected chi connectivity index (χ4v) is 5.29. The number of hydrogen-bond donors (Lipinski definition) is 1. The predicted molar refractivity (Wildman–Crippen MR) is 97.7 cm³/mol. The maximum atomic E-state index is 12.6. The summed E-state index contributed by atoms with van der Waals surface area (Å²) in [5.74, 6) is 1.38. The van der Waals surface area contributed by atoms with E-state index >= 15 is 0 Å². The Labute approximate surface area is 148 Å². The van der Waals surface area contributed by atoms with Gasteiger partial charge in [-0.25, -0.2) is 15.0 Å². The van der Waals surface area contributed by atoms with Gasteiger partial charge in [-0.15, -0.1) is 11.3 Å². The van der Waals surface area contributed by atoms with Crippen LogP contribution in [-0.4, -0.2) is 19.9 Å². The molecule has 0 aromatic carbocycles. The summed E-state index contributed by atoms with van der Waals surface area (Å²) in [6.45, 7) is 4.29. The number of rotatable bonds is 3. The molecule has 0 amide bonds. The number of aryl methyl sites for hydroxylation is 1. The van der Waals surface area contributed by atoms with E-state index in [0.29, 0.717) is 16.9 Å². The van der Waals surface area contributed by atoms with Crippen LogP contribution in [0.5, 0.6) is 0 Å². The van der Waals surface area contributed by atoms with Gasteiger partial charge in [-0.3, -0.25) is 4.79 Å². The quantitative estimate of drug-likeness (QED) is 0.570. The Morgan fingerprint density at radius 1 is 1.38 bits per heavy atom. The Bertz CT molecular complexity index is 935. The van der Waals surface area contributed by atoms with E-state index in [-0.39, 0.29) is 10.8 Å². The van der Waals surface area contributed by atoms with Gasteiger partial charge in [-0.05, 0) is 43.7 Å². The zero-order chi connectivity index (χ0) is 16.7. The van der Waals surface area contributed by atoms with Crippen molar-refractivity contribution in [3.8, 4) is 0 Å². The lowest BCUT2D eigenvalue weighted by atomic mass is 9.89. The molecular formula is C17H18N4OS2. The minimum atomic E-state index is -0.0115. The summed E-state index contributed by atoms with van der Waals surface area (Å²) in [4.78, 5) is 31.0. The summed E-state index contributed by atoms with van der Waals surface area (Å²) < 4.78 is 0. The molecule has 0 spiro atoms. The van der Waals surface area contributed by atoms with Crippen molar-refractivity contribution in [2.75, 3.05) is 0 Å². The van der Waals surface area contributed by atoms with E-state index in [4.69, 9.17) is 4.98 Å². The van der Waals surface area contributed by atoms with Crippen LogP contribution in [0.2, 0.25) is 0 Å². The molecule has 1 aliphatic carbocycles. The standard InChI is InChI=1S/C17H18N4OS2/c1-9-4-5-11-12(8-9)24-16-13(11)15(22)20-14(21-16)10(2)23-17-18-6-3-7-19-17/h3,6-7,9-10H,4-5,8H2,1-2H3,(H,20,21,22)/t9-,10+/m1/s1. The SMILES string of the molecule is C[C@@H]1CCc2c(sc3nc([C@H](C)Sc4ncccn4)[nH]c(=O)c23)C1. The van der Waals surface area contributed by atoms with Crippen LogP contribution in [0, 0.1) is 5.92 Å². The molecule has 24 heavy (non-hydrogen) atoms. The molecule has 0 fully saturated rings. The highest BCUT2D eigenvalue weighted by Crippen LogP contribution is 2.37. The fraction of sp³-hybridized carbons (Fsp3) is 0.412. The second kappa shape index (κ2) is 6.29. The molecule has 1 N–H and O–H groups in total. The molecular weight excluding hydrogens is 340 g/mol. The smallest absolute Gasteiger partial charge is 0.259 e. The second-order valence-corrected chi connectivity index (χ2v) is 8.67. The van der Waals surface area contributed by atoms with Crippen molar-refractivity contribution in [2.45, 2.75) is 43.5 Å². The highest BCUT2D eigenvalue weighted by Gasteiger charge is 2.24. The third kappa shape index (κ3) is 2.86. The monoisotopic (exact) mass is 358 g/mol. The Hall–Kier alpha value is -1.73. The van der Waals surface area contributed by atoms with E-state index in [0.717, 1.165) is 29.5 Å². The Morgan fingerprint density at radius 2 is 2.17 bits per heavy atom. The number of fused-ring (bicyclic) bond motifs is 3. The van der Waals surface area contributed by atoms with E-state index in [2.05, 4.69) is 21.9 Å². The van der Waals surface area contributed by atoms with Crippen molar-refractivity contribution in [1.29, 1.82) is 0 Å². The first-order chi connectivity index (χ1) is 11.6. The molecule has 124 valence electrons. The van der Waals surface area contributed by atoms with Gasteiger partial charge in [0.25, 0.3) is 5.56 Å². The zero-order valence-corrected chi connectivity index (χ0v) is 15.2. The van der Waals surface area contributed by atoms with Crippen LogP contribution in [-0.2, 0) is 12.8 Å². The van der Waals surface area contributed by atoms with Crippen LogP contribution in [0.3, 0.4) is 0 Å². The largest absolute Gasteiger partial charge is 0.309 e. The second-order valence-electron chi connectivity index (χ2n) is 6.27. The summed E-state index contributed by atoms with van der Waals surface area (Å²) in [5.41, 5.74) is 1.21. The van der Waals surface area contributed by atoms with Crippen molar-refractivity contribution < 1.29 is 0 Å². The van der Waals surface area contributed by atoms with Crippen molar-refractivity contribution in [3.05, 3.63) is 45.1 Å². The van der Waals surface area contributed by atoms with Gasteiger partial charge in [0.15, 0.2) is 5.16 Å². The first-order valence-electron chi connectivity index (χ1n) is 8.10. The lowest BCUT2D eigenvalue weighted by molar-refractivity contribution is 0.509. The maximum absolute atomic E-state index is 12.6. The number of thiophene rings is 1. The molecule has 0 saturated carbocycles. The number of H-pyrrole nitrogens is 1. The molecule has 0 bridgehead atoms. The van der Waals surface area contributed by atoms with Gasteiger partial charge in [0.2, 0.25) is 0 Å². The van der Waals surface area contributed by atoms with Crippen molar-refractivity contribution in [2.24, 2.45) is 5.92 Å². The lowest BCUT2D eigenvalue weighted by Gasteiger charge is -2.17. The molecule has 3 aromatic rings. The Morgan fingerprint density at radius 3 is 2.96 bits per heavy atom. The van der Waals surface area contributed by atoms with Crippen molar-refractivity contribution in [1.82, 2.24) is 19.9 Å². The number of nitrogens with zero attached hydrogens (tertiary/aromatic N) is 3. The topological polar surface area (TPSA) is 71.5 Å². The first-order valence-corrected chi connectivity index (χ1v) is 9.79. The van der Waals surface area contributed by atoms with E-state index in [1.807, 2.05) is 6.92 Å². The van der Waals surface area contributed by atoms with Gasteiger partial charge in [0.05, 0.1) is 10.6 Å². The first kappa shape index (κ1) is 15.8.